The van der Waals surface area contributed by atoms with Crippen molar-refractivity contribution >= 4 is 69.0 Å². The van der Waals surface area contributed by atoms with E-state index in [2.05, 4.69) is 172 Å². The fourth-order valence-corrected chi connectivity index (χ4v) is 13.2. The normalized spacial score (nSPS) is 10.4. The third kappa shape index (κ3) is 24.8. The highest BCUT2D eigenvalue weighted by Gasteiger charge is 2.16. The van der Waals surface area contributed by atoms with Crippen molar-refractivity contribution in [2.24, 2.45) is 0 Å². The van der Waals surface area contributed by atoms with E-state index in [0.717, 1.165) is 62.9 Å². The summed E-state index contributed by atoms with van der Waals surface area (Å²) in [4.78, 5) is 57.4. The lowest BCUT2D eigenvalue weighted by Crippen LogP contribution is -2.23. The molecule has 14 aromatic rings. The summed E-state index contributed by atoms with van der Waals surface area (Å²) in [6.07, 6.45) is 0. The van der Waals surface area contributed by atoms with Crippen LogP contribution in [0.25, 0.3) is 39.5 Å². The van der Waals surface area contributed by atoms with Crippen molar-refractivity contribution in [3.05, 3.63) is 401 Å². The molecular weight excluding hydrogens is 1600 g/mol. The number of rotatable bonds is 12. The van der Waals surface area contributed by atoms with Gasteiger partial charge in [0, 0.05) is 72.4 Å². The first-order valence-corrected chi connectivity index (χ1v) is 35.0. The van der Waals surface area contributed by atoms with Gasteiger partial charge >= 0.3 is 0 Å². The van der Waals surface area contributed by atoms with Gasteiger partial charge in [0.2, 0.25) is 0 Å². The van der Waals surface area contributed by atoms with Gasteiger partial charge in [0.15, 0.2) is 0 Å². The molecule has 0 radical (unpaired) electrons. The van der Waals surface area contributed by atoms with Gasteiger partial charge < -0.3 is 5.11 Å². The molecule has 0 spiro atoms. The molecule has 9 aromatic carbocycles. The SMILES string of the molecule is C.Cc1ccc(=O)[nH]n1.Cc1ccc(=O)n(-c2cccc(Cn3nc(-c4cc(F)cc(F)c4)ccc3=O)c2)n1.O=c1ccc(-c2cc(F)cc(F)c2)n[nH]1.O=c1ccc(-c2cc(F)cc(F)c2)nn1Cc1cccc(I)c1.OCc1cccc(I)c1.c1ccc(P(c2ccccc2)c2ccccc2)cc1. The van der Waals surface area contributed by atoms with E-state index in [4.69, 9.17) is 5.11 Å². The lowest BCUT2D eigenvalue weighted by atomic mass is 10.1. The average Bonchev–Trinajstić information content (AvgIpc) is 0.825. The van der Waals surface area contributed by atoms with E-state index in [1.54, 1.807) is 43.3 Å². The van der Waals surface area contributed by atoms with E-state index in [0.29, 0.717) is 40.4 Å². The maximum atomic E-state index is 13.5. The standard InChI is InChI=1S/C22H16F2N4O2.C18H15P.C17H11F2IN2O.C10H6F2N2O.C7H7IO.C5H6N2O.CH4/c1-14-5-7-22(30)28(25-14)19-4-2-3-15(9-19)13-27-21(29)8-6-20(26-27)16-10-17(23)12-18(24)11-16;1-4-10-16(11-5-1)19(17-12-6-2-7-13-17)18-14-8-3-9-15-18;18-13-7-12(8-14(19)9-13)16-4-5-17(23)22(21-16)10-11-2-1-3-15(20)6-11;11-7-3-6(4-8(12)5-7)9-1-2-10(15)14-13-9;8-7-3-1-2-6(4-7)5-9;1-4-2-3-5(8)7-6-4;/h2-12H,13H2,1H3;1-15H;1-9H,10H2;1-5H,(H,14,15);1-4,9H,5H2;2-3H,1H3,(H,7,8);1H4. The van der Waals surface area contributed by atoms with Crippen LogP contribution >= 0.6 is 53.1 Å². The Balaban J connectivity index is 0.000000167. The summed E-state index contributed by atoms with van der Waals surface area (Å²) in [5, 5.41) is 37.3. The first kappa shape index (κ1) is 79.5. The van der Waals surface area contributed by atoms with Gasteiger partial charge in [-0.3, -0.25) is 24.0 Å². The number of hydrogen-bond donors (Lipinski definition) is 3. The minimum Gasteiger partial charge on any atom is -0.392 e. The Kier molecular flexibility index (Phi) is 29.9. The van der Waals surface area contributed by atoms with Gasteiger partial charge in [0.05, 0.1) is 53.9 Å². The summed E-state index contributed by atoms with van der Waals surface area (Å²) in [6.45, 7) is 4.14. The van der Waals surface area contributed by atoms with Crippen LogP contribution in [-0.4, -0.2) is 54.8 Å². The van der Waals surface area contributed by atoms with Gasteiger partial charge in [-0.25, -0.2) is 45.9 Å². The number of halogens is 8. The van der Waals surface area contributed by atoms with Crippen molar-refractivity contribution in [1.29, 1.82) is 0 Å². The molecule has 5 heterocycles. The third-order valence-electron chi connectivity index (χ3n) is 14.5. The van der Waals surface area contributed by atoms with E-state index in [-0.39, 0.29) is 65.2 Å². The van der Waals surface area contributed by atoms with Gasteiger partial charge in [-0.1, -0.05) is 135 Å². The number of aryl methyl sites for hydroxylation is 2. The van der Waals surface area contributed by atoms with Crippen LogP contribution in [0, 0.1) is 55.9 Å². The van der Waals surface area contributed by atoms with Gasteiger partial charge in [0.1, 0.15) is 34.9 Å². The Bertz CT molecular complexity index is 5330. The molecule has 0 aliphatic carbocycles. The van der Waals surface area contributed by atoms with Crippen LogP contribution in [0.2, 0.25) is 0 Å². The summed E-state index contributed by atoms with van der Waals surface area (Å²) in [7, 11) is -0.446. The van der Waals surface area contributed by atoms with Crippen LogP contribution in [0.5, 0.6) is 0 Å². The molecule has 5 aromatic heterocycles. The van der Waals surface area contributed by atoms with Crippen LogP contribution in [0.1, 0.15) is 35.5 Å². The highest BCUT2D eigenvalue weighted by molar-refractivity contribution is 14.1. The van der Waals surface area contributed by atoms with Crippen molar-refractivity contribution in [3.63, 3.8) is 0 Å². The summed E-state index contributed by atoms with van der Waals surface area (Å²) in [6, 6.07) is 78.4. The average molecular weight is 1660 g/mol. The number of aliphatic hydroxyl groups excluding tert-OH is 1. The van der Waals surface area contributed by atoms with Gasteiger partial charge in [0.25, 0.3) is 27.8 Å². The molecule has 0 saturated carbocycles. The largest absolute Gasteiger partial charge is 0.392 e. The molecule has 105 heavy (non-hydrogen) atoms. The van der Waals surface area contributed by atoms with Crippen LogP contribution < -0.4 is 43.7 Å². The van der Waals surface area contributed by atoms with Crippen LogP contribution in [0.15, 0.2) is 303 Å². The monoisotopic (exact) mass is 1660 g/mol. The molecule has 0 fully saturated rings. The fraction of sp³-hybridized carbons (Fsp3) is 0.0750. The predicted octanol–water partition coefficient (Wildman–Crippen LogP) is 14.6. The lowest BCUT2D eigenvalue weighted by molar-refractivity contribution is 0.282. The third-order valence-corrected chi connectivity index (χ3v) is 18.2. The van der Waals surface area contributed by atoms with E-state index < -0.39 is 42.8 Å². The second-order valence-electron chi connectivity index (χ2n) is 22.4. The topological polar surface area (TPSA) is 216 Å². The molecule has 0 amide bonds. The smallest absolute Gasteiger partial charge is 0.271 e. The van der Waals surface area contributed by atoms with E-state index in [1.807, 2.05) is 55.5 Å². The van der Waals surface area contributed by atoms with E-state index >= 15 is 0 Å². The molecule has 532 valence electrons. The predicted molar refractivity (Wildman–Crippen MR) is 416 cm³/mol. The van der Waals surface area contributed by atoms with Crippen molar-refractivity contribution in [2.75, 3.05) is 0 Å². The molecule has 3 N–H and O–H groups in total. The molecular formula is C80H65F6I2N10O6P. The first-order valence-electron chi connectivity index (χ1n) is 31.5. The van der Waals surface area contributed by atoms with Crippen molar-refractivity contribution in [2.45, 2.75) is 41.0 Å². The lowest BCUT2D eigenvalue weighted by Gasteiger charge is -2.18. The molecule has 0 aliphatic heterocycles. The summed E-state index contributed by atoms with van der Waals surface area (Å²) in [5.74, 6) is -4.19. The number of aliphatic hydroxyl groups is 1. The Morgan fingerprint density at radius 3 is 1.13 bits per heavy atom. The van der Waals surface area contributed by atoms with E-state index in [9.17, 15) is 50.3 Å². The van der Waals surface area contributed by atoms with Crippen LogP contribution in [-0.2, 0) is 19.7 Å². The molecule has 0 unspecified atom stereocenters. The molecule has 0 saturated heterocycles. The number of H-pyrrole nitrogens is 2. The molecule has 14 rings (SSSR count). The van der Waals surface area contributed by atoms with Crippen molar-refractivity contribution in [3.8, 4) is 39.5 Å². The molecule has 25 heteroatoms. The Labute approximate surface area is 627 Å². The zero-order chi connectivity index (χ0) is 74.1. The quantitative estimate of drug-likeness (QED) is 0.0594. The minimum absolute atomic E-state index is 0. The minimum atomic E-state index is -0.728. The Morgan fingerprint density at radius 1 is 0.371 bits per heavy atom. The molecule has 0 aliphatic rings. The number of aromatic nitrogens is 10. The molecule has 16 nitrogen and oxygen atoms in total. The van der Waals surface area contributed by atoms with E-state index in [1.165, 1.54) is 94.2 Å². The van der Waals surface area contributed by atoms with Crippen LogP contribution in [0.4, 0.5) is 26.3 Å². The van der Waals surface area contributed by atoms with Crippen LogP contribution in [0.3, 0.4) is 0 Å². The second kappa shape index (κ2) is 39.5. The summed E-state index contributed by atoms with van der Waals surface area (Å²) >= 11 is 4.41. The summed E-state index contributed by atoms with van der Waals surface area (Å²) < 4.78 is 85.5. The zero-order valence-electron chi connectivity index (χ0n) is 55.2. The zero-order valence-corrected chi connectivity index (χ0v) is 60.4. The maximum Gasteiger partial charge on any atom is 0.271 e. The van der Waals surface area contributed by atoms with Gasteiger partial charge in [-0.2, -0.15) is 30.2 Å². The highest BCUT2D eigenvalue weighted by Crippen LogP contribution is 2.32. The molecule has 0 atom stereocenters. The number of nitrogens with one attached hydrogen (secondary N) is 2. The second-order valence-corrected chi connectivity index (χ2v) is 27.1. The van der Waals surface area contributed by atoms with Gasteiger partial charge in [-0.15, -0.1) is 0 Å². The fourth-order valence-electron chi connectivity index (χ4n) is 9.73. The first-order chi connectivity index (χ1) is 50.1. The Morgan fingerprint density at radius 2 is 0.743 bits per heavy atom. The van der Waals surface area contributed by atoms with Gasteiger partial charge in [-0.05, 0) is 203 Å². The highest BCUT2D eigenvalue weighted by atomic mass is 127. The van der Waals surface area contributed by atoms with Crippen molar-refractivity contribution in [1.82, 2.24) is 49.7 Å². The number of aromatic amines is 2. The number of benzene rings is 9. The number of hydrogen-bond acceptors (Lipinski definition) is 11. The Hall–Kier alpha value is -11.2. The summed E-state index contributed by atoms with van der Waals surface area (Å²) in [5.41, 5.74) is 4.95. The molecule has 0 bridgehead atoms. The number of nitrogens with zero attached hydrogens (tertiary/aromatic N) is 8. The van der Waals surface area contributed by atoms with Crippen molar-refractivity contribution < 1.29 is 31.4 Å². The maximum absolute atomic E-state index is 13.5.